The van der Waals surface area contributed by atoms with Gasteiger partial charge in [-0.2, -0.15) is 0 Å². The fourth-order valence-corrected chi connectivity index (χ4v) is 3.17. The van der Waals surface area contributed by atoms with Gasteiger partial charge in [-0.3, -0.25) is 9.52 Å². The maximum Gasteiger partial charge on any atom is 0.261 e. The third kappa shape index (κ3) is 5.04. The highest BCUT2D eigenvalue weighted by Gasteiger charge is 2.21. The minimum atomic E-state index is -3.79. The molecule has 25 heavy (non-hydrogen) atoms. The lowest BCUT2D eigenvalue weighted by Gasteiger charge is -2.24. The zero-order valence-corrected chi connectivity index (χ0v) is 15.4. The van der Waals surface area contributed by atoms with Crippen molar-refractivity contribution >= 4 is 21.6 Å². The summed E-state index contributed by atoms with van der Waals surface area (Å²) in [6, 6.07) is 12.9. The Labute approximate surface area is 148 Å². The van der Waals surface area contributed by atoms with E-state index in [-0.39, 0.29) is 22.9 Å². The van der Waals surface area contributed by atoms with Crippen LogP contribution in [0.25, 0.3) is 0 Å². The number of anilines is 1. The summed E-state index contributed by atoms with van der Waals surface area (Å²) >= 11 is 0. The Morgan fingerprint density at radius 3 is 2.36 bits per heavy atom. The maximum atomic E-state index is 12.5. The summed E-state index contributed by atoms with van der Waals surface area (Å²) in [6.45, 7) is 5.78. The summed E-state index contributed by atoms with van der Waals surface area (Å²) in [4.78, 5) is 12.3. The number of carbonyl (C=O) groups excluding carboxylic acids is 1. The maximum absolute atomic E-state index is 12.5. The van der Waals surface area contributed by atoms with Gasteiger partial charge in [-0.05, 0) is 51.1 Å². The van der Waals surface area contributed by atoms with Crippen LogP contribution in [0.5, 0.6) is 0 Å². The van der Waals surface area contributed by atoms with Crippen molar-refractivity contribution in [3.05, 3.63) is 59.7 Å². The number of rotatable bonds is 6. The summed E-state index contributed by atoms with van der Waals surface area (Å²) in [5, 5.41) is 2.78. The van der Waals surface area contributed by atoms with Gasteiger partial charge in [0.25, 0.3) is 15.9 Å². The number of nitrogens with one attached hydrogen (secondary N) is 2. The monoisotopic (exact) mass is 361 g/mol. The molecule has 2 aromatic rings. The number of carbonyl (C=O) groups is 1. The van der Waals surface area contributed by atoms with Gasteiger partial charge in [0.1, 0.15) is 0 Å². The molecule has 2 rings (SSSR count). The average Bonchev–Trinajstić information content (AvgIpc) is 2.56. The van der Waals surface area contributed by atoms with Crippen molar-refractivity contribution in [1.29, 1.82) is 0 Å². The van der Waals surface area contributed by atoms with Crippen molar-refractivity contribution < 1.29 is 13.2 Å². The van der Waals surface area contributed by atoms with Gasteiger partial charge in [-0.15, -0.1) is 0 Å². The lowest BCUT2D eigenvalue weighted by molar-refractivity contribution is 0.0915. The van der Waals surface area contributed by atoms with Crippen LogP contribution in [-0.2, 0) is 10.0 Å². The van der Waals surface area contributed by atoms with Crippen molar-refractivity contribution in [3.63, 3.8) is 0 Å². The number of aryl methyl sites for hydroxylation is 1. The van der Waals surface area contributed by atoms with Crippen LogP contribution >= 0.6 is 0 Å². The van der Waals surface area contributed by atoms with Gasteiger partial charge in [-0.25, -0.2) is 8.42 Å². The molecule has 0 aliphatic heterocycles. The summed E-state index contributed by atoms with van der Waals surface area (Å²) in [7, 11) is -3.79. The van der Waals surface area contributed by atoms with Gasteiger partial charge in [0.2, 0.25) is 0 Å². The summed E-state index contributed by atoms with van der Waals surface area (Å²) in [6.07, 6.45) is 0. The highest BCUT2D eigenvalue weighted by molar-refractivity contribution is 7.92. The van der Waals surface area contributed by atoms with E-state index in [1.807, 2.05) is 19.1 Å². The molecule has 4 N–H and O–H groups in total. The smallest absolute Gasteiger partial charge is 0.261 e. The van der Waals surface area contributed by atoms with Crippen LogP contribution in [0.1, 0.15) is 29.8 Å². The Hall–Kier alpha value is -2.38. The number of sulfonamides is 1. The molecular weight excluding hydrogens is 338 g/mol. The number of benzene rings is 2. The van der Waals surface area contributed by atoms with Crippen LogP contribution in [0, 0.1) is 6.92 Å². The van der Waals surface area contributed by atoms with Crippen molar-refractivity contribution in [2.45, 2.75) is 31.2 Å². The molecule has 0 saturated heterocycles. The molecule has 0 aliphatic rings. The second-order valence-corrected chi connectivity index (χ2v) is 8.22. The van der Waals surface area contributed by atoms with Gasteiger partial charge in [0.05, 0.1) is 4.90 Å². The number of amides is 1. The van der Waals surface area contributed by atoms with Crippen molar-refractivity contribution in [2.24, 2.45) is 5.73 Å². The van der Waals surface area contributed by atoms with E-state index >= 15 is 0 Å². The highest BCUT2D eigenvalue weighted by Crippen LogP contribution is 2.18. The first-order valence-corrected chi connectivity index (χ1v) is 9.33. The molecule has 0 fully saturated rings. The summed E-state index contributed by atoms with van der Waals surface area (Å²) < 4.78 is 27.6. The molecule has 1 amide bonds. The molecular formula is C18H23N3O3S. The molecule has 134 valence electrons. The SMILES string of the molecule is Cc1ccc(NS(=O)(=O)c2cccc(C(=O)NC(C)(C)CN)c2)cc1. The Morgan fingerprint density at radius 1 is 1.12 bits per heavy atom. The van der Waals surface area contributed by atoms with E-state index in [0.717, 1.165) is 5.56 Å². The van der Waals surface area contributed by atoms with E-state index < -0.39 is 15.6 Å². The molecule has 0 aliphatic carbocycles. The predicted molar refractivity (Wildman–Crippen MR) is 99.0 cm³/mol. The minimum absolute atomic E-state index is 0.0197. The second-order valence-electron chi connectivity index (χ2n) is 6.54. The molecule has 0 radical (unpaired) electrons. The van der Waals surface area contributed by atoms with E-state index in [2.05, 4.69) is 10.0 Å². The molecule has 0 aromatic heterocycles. The van der Waals surface area contributed by atoms with Crippen LogP contribution in [0.15, 0.2) is 53.4 Å². The molecule has 0 bridgehead atoms. The van der Waals surface area contributed by atoms with E-state index in [9.17, 15) is 13.2 Å². The molecule has 0 saturated carbocycles. The molecule has 7 heteroatoms. The first kappa shape index (κ1) is 19.0. The van der Waals surface area contributed by atoms with Gasteiger partial charge >= 0.3 is 0 Å². The quantitative estimate of drug-likeness (QED) is 0.734. The van der Waals surface area contributed by atoms with Crippen molar-refractivity contribution in [2.75, 3.05) is 11.3 Å². The number of hydrogen-bond donors (Lipinski definition) is 3. The molecule has 2 aromatic carbocycles. The lowest BCUT2D eigenvalue weighted by atomic mass is 10.1. The summed E-state index contributed by atoms with van der Waals surface area (Å²) in [5.41, 5.74) is 6.78. The van der Waals surface area contributed by atoms with Crippen LogP contribution in [-0.4, -0.2) is 26.4 Å². The Morgan fingerprint density at radius 2 is 1.76 bits per heavy atom. The van der Waals surface area contributed by atoms with E-state index in [1.54, 1.807) is 32.0 Å². The van der Waals surface area contributed by atoms with E-state index in [4.69, 9.17) is 5.73 Å². The Balaban J connectivity index is 2.24. The molecule has 0 heterocycles. The summed E-state index contributed by atoms with van der Waals surface area (Å²) in [5.74, 6) is -0.372. The first-order chi connectivity index (χ1) is 11.6. The standard InChI is InChI=1S/C18H23N3O3S/c1-13-7-9-15(10-8-13)21-25(23,24)16-6-4-5-14(11-16)17(22)20-18(2,3)12-19/h4-11,21H,12,19H2,1-3H3,(H,20,22). The van der Waals surface area contributed by atoms with Crippen LogP contribution < -0.4 is 15.8 Å². The zero-order valence-electron chi connectivity index (χ0n) is 14.5. The molecule has 6 nitrogen and oxygen atoms in total. The normalized spacial score (nSPS) is 11.8. The molecule has 0 atom stereocenters. The highest BCUT2D eigenvalue weighted by atomic mass is 32.2. The van der Waals surface area contributed by atoms with Crippen molar-refractivity contribution in [3.8, 4) is 0 Å². The minimum Gasteiger partial charge on any atom is -0.346 e. The topological polar surface area (TPSA) is 101 Å². The van der Waals surface area contributed by atoms with Gasteiger partial charge in [0.15, 0.2) is 0 Å². The Bertz CT molecular complexity index is 859. The third-order valence-electron chi connectivity index (χ3n) is 3.67. The lowest BCUT2D eigenvalue weighted by Crippen LogP contribution is -2.48. The third-order valence-corrected chi connectivity index (χ3v) is 5.05. The van der Waals surface area contributed by atoms with Crippen LogP contribution in [0.2, 0.25) is 0 Å². The first-order valence-electron chi connectivity index (χ1n) is 7.85. The van der Waals surface area contributed by atoms with E-state index in [1.165, 1.54) is 18.2 Å². The van der Waals surface area contributed by atoms with Gasteiger partial charge < -0.3 is 11.1 Å². The fraction of sp³-hybridized carbons (Fsp3) is 0.278. The predicted octanol–water partition coefficient (Wildman–Crippen LogP) is 2.26. The second kappa shape index (κ2) is 7.25. The molecule has 0 spiro atoms. The molecule has 0 unspecified atom stereocenters. The van der Waals surface area contributed by atoms with Gasteiger partial charge in [-0.1, -0.05) is 23.8 Å². The Kier molecular flexibility index (Phi) is 5.49. The van der Waals surface area contributed by atoms with Crippen LogP contribution in [0.4, 0.5) is 5.69 Å². The fourth-order valence-electron chi connectivity index (χ4n) is 2.07. The zero-order chi connectivity index (χ0) is 18.7. The average molecular weight is 361 g/mol. The number of nitrogens with two attached hydrogens (primary N) is 1. The number of hydrogen-bond acceptors (Lipinski definition) is 4. The van der Waals surface area contributed by atoms with Crippen LogP contribution in [0.3, 0.4) is 0 Å². The van der Waals surface area contributed by atoms with Crippen molar-refractivity contribution in [1.82, 2.24) is 5.32 Å². The van der Waals surface area contributed by atoms with Gasteiger partial charge in [0, 0.05) is 23.3 Å². The largest absolute Gasteiger partial charge is 0.346 e. The van der Waals surface area contributed by atoms with E-state index in [0.29, 0.717) is 5.69 Å².